The number of carbonyl (C=O) groups excluding carboxylic acids is 1. The molecule has 2 rings (SSSR count). The first-order valence-corrected chi connectivity index (χ1v) is 9.15. The zero-order chi connectivity index (χ0) is 19.5. The topological polar surface area (TPSA) is 32.3 Å². The minimum Gasteiger partial charge on any atom is -0.354 e. The van der Waals surface area contributed by atoms with Gasteiger partial charge in [0.15, 0.2) is 0 Å². The first-order chi connectivity index (χ1) is 12.0. The molecule has 1 saturated heterocycles. The Balaban J connectivity index is 1.87. The van der Waals surface area contributed by atoms with E-state index < -0.39 is 11.7 Å². The number of rotatable bonds is 5. The first kappa shape index (κ1) is 20.7. The number of likely N-dealkylation sites (tertiary alicyclic amines) is 1. The maximum absolute atomic E-state index is 12.6. The van der Waals surface area contributed by atoms with Gasteiger partial charge in [-0.1, -0.05) is 26.0 Å². The van der Waals surface area contributed by atoms with E-state index in [-0.39, 0.29) is 17.9 Å². The van der Waals surface area contributed by atoms with Gasteiger partial charge in [0.1, 0.15) is 0 Å². The second-order valence-electron chi connectivity index (χ2n) is 8.31. The third-order valence-corrected chi connectivity index (χ3v) is 5.09. The van der Waals surface area contributed by atoms with Crippen molar-refractivity contribution < 1.29 is 18.0 Å². The van der Waals surface area contributed by atoms with Crippen LogP contribution in [0.25, 0.3) is 0 Å². The highest BCUT2D eigenvalue weighted by atomic mass is 19.4. The molecular formula is C20H29F3N2O. The van der Waals surface area contributed by atoms with Crippen LogP contribution in [0.5, 0.6) is 0 Å². The zero-order valence-electron chi connectivity index (χ0n) is 16.0. The normalized spacial score (nSPS) is 22.3. The van der Waals surface area contributed by atoms with Crippen LogP contribution in [0.15, 0.2) is 24.3 Å². The summed E-state index contributed by atoms with van der Waals surface area (Å²) in [4.78, 5) is 14.6. The number of carbonyl (C=O) groups is 1. The smallest absolute Gasteiger partial charge is 0.354 e. The van der Waals surface area contributed by atoms with E-state index in [2.05, 4.69) is 37.9 Å². The number of amides is 1. The molecule has 0 bridgehead atoms. The molecule has 0 aliphatic carbocycles. The number of piperidine rings is 1. The average molecular weight is 370 g/mol. The van der Waals surface area contributed by atoms with Gasteiger partial charge in [-0.15, -0.1) is 0 Å². The van der Waals surface area contributed by atoms with Crippen molar-refractivity contribution in [3.63, 3.8) is 0 Å². The fraction of sp³-hybridized carbons (Fsp3) is 0.650. The lowest BCUT2D eigenvalue weighted by molar-refractivity contribution is -0.137. The van der Waals surface area contributed by atoms with Crippen molar-refractivity contribution in [3.8, 4) is 0 Å². The number of nitrogens with zero attached hydrogens (tertiary/aromatic N) is 1. The maximum atomic E-state index is 12.6. The molecule has 1 fully saturated rings. The van der Waals surface area contributed by atoms with Crippen molar-refractivity contribution in [2.45, 2.75) is 52.3 Å². The maximum Gasteiger partial charge on any atom is 0.416 e. The summed E-state index contributed by atoms with van der Waals surface area (Å²) in [6.45, 7) is 11.3. The van der Waals surface area contributed by atoms with Gasteiger partial charge in [-0.25, -0.2) is 0 Å². The molecule has 1 amide bonds. The zero-order valence-corrected chi connectivity index (χ0v) is 16.0. The molecule has 1 N–H and O–H groups in total. The van der Waals surface area contributed by atoms with Crippen LogP contribution < -0.4 is 5.32 Å². The number of hydrogen-bond acceptors (Lipinski definition) is 2. The molecule has 6 heteroatoms. The van der Waals surface area contributed by atoms with Crippen LogP contribution in [0, 0.1) is 11.8 Å². The molecule has 1 aromatic carbocycles. The van der Waals surface area contributed by atoms with Gasteiger partial charge in [0.05, 0.1) is 12.0 Å². The summed E-state index contributed by atoms with van der Waals surface area (Å²) in [6, 6.07) is 4.76. The van der Waals surface area contributed by atoms with Gasteiger partial charge in [0.2, 0.25) is 5.91 Å². The van der Waals surface area contributed by atoms with Crippen LogP contribution in [0.1, 0.15) is 45.2 Å². The van der Waals surface area contributed by atoms with E-state index in [4.69, 9.17) is 0 Å². The van der Waals surface area contributed by atoms with Crippen molar-refractivity contribution in [1.82, 2.24) is 10.2 Å². The number of benzene rings is 1. The molecule has 1 aliphatic rings. The van der Waals surface area contributed by atoms with Crippen LogP contribution in [0.2, 0.25) is 0 Å². The molecule has 2 atom stereocenters. The summed E-state index contributed by atoms with van der Waals surface area (Å²) in [7, 11) is 0. The van der Waals surface area contributed by atoms with Gasteiger partial charge in [0, 0.05) is 25.2 Å². The number of alkyl halides is 3. The molecule has 0 spiro atoms. The standard InChI is InChI=1S/C20H29F3N2O/c1-14-9-15(2)12-25(11-14)19(3,4)13-24-18(26)10-16-5-7-17(8-6-16)20(21,22)23/h5-8,14-15H,9-13H2,1-4H3,(H,24,26). The molecule has 26 heavy (non-hydrogen) atoms. The van der Waals surface area contributed by atoms with Gasteiger partial charge in [-0.2, -0.15) is 13.2 Å². The van der Waals surface area contributed by atoms with Crippen LogP contribution in [0.4, 0.5) is 13.2 Å². The monoisotopic (exact) mass is 370 g/mol. The minimum absolute atomic E-state index is 0.0843. The average Bonchev–Trinajstić information content (AvgIpc) is 2.52. The molecule has 2 unspecified atom stereocenters. The third-order valence-electron chi connectivity index (χ3n) is 5.09. The summed E-state index contributed by atoms with van der Waals surface area (Å²) in [5, 5.41) is 2.94. The summed E-state index contributed by atoms with van der Waals surface area (Å²) < 4.78 is 37.7. The van der Waals surface area contributed by atoms with Crippen molar-refractivity contribution in [2.24, 2.45) is 11.8 Å². The summed E-state index contributed by atoms with van der Waals surface area (Å²) in [5.74, 6) is 1.11. The molecule has 3 nitrogen and oxygen atoms in total. The molecule has 1 heterocycles. The largest absolute Gasteiger partial charge is 0.416 e. The van der Waals surface area contributed by atoms with E-state index in [9.17, 15) is 18.0 Å². The number of hydrogen-bond donors (Lipinski definition) is 1. The Kier molecular flexibility index (Phi) is 6.37. The highest BCUT2D eigenvalue weighted by molar-refractivity contribution is 5.78. The second kappa shape index (κ2) is 7.99. The Labute approximate surface area is 154 Å². The Morgan fingerprint density at radius 1 is 1.12 bits per heavy atom. The van der Waals surface area contributed by atoms with Crippen LogP contribution in [0.3, 0.4) is 0 Å². The first-order valence-electron chi connectivity index (χ1n) is 9.15. The Morgan fingerprint density at radius 2 is 1.65 bits per heavy atom. The van der Waals surface area contributed by atoms with Crippen LogP contribution in [-0.2, 0) is 17.4 Å². The van der Waals surface area contributed by atoms with Crippen LogP contribution >= 0.6 is 0 Å². The predicted molar refractivity (Wildman–Crippen MR) is 96.8 cm³/mol. The van der Waals surface area contributed by atoms with Crippen molar-refractivity contribution in [1.29, 1.82) is 0 Å². The van der Waals surface area contributed by atoms with Gasteiger partial charge in [-0.3, -0.25) is 9.69 Å². The van der Waals surface area contributed by atoms with Gasteiger partial charge in [-0.05, 0) is 49.8 Å². The minimum atomic E-state index is -4.35. The Hall–Kier alpha value is -1.56. The molecular weight excluding hydrogens is 341 g/mol. The number of halogens is 3. The summed E-state index contributed by atoms with van der Waals surface area (Å²) in [5.41, 5.74) is -0.275. The second-order valence-corrected chi connectivity index (χ2v) is 8.31. The van der Waals surface area contributed by atoms with Crippen molar-refractivity contribution in [2.75, 3.05) is 19.6 Å². The quantitative estimate of drug-likeness (QED) is 0.846. The third kappa shape index (κ3) is 5.73. The van der Waals surface area contributed by atoms with E-state index in [0.29, 0.717) is 23.9 Å². The van der Waals surface area contributed by atoms with E-state index in [1.165, 1.54) is 18.6 Å². The predicted octanol–water partition coefficient (Wildman–Crippen LogP) is 4.12. The van der Waals surface area contributed by atoms with E-state index in [1.54, 1.807) is 0 Å². The van der Waals surface area contributed by atoms with Crippen molar-refractivity contribution >= 4 is 5.91 Å². The highest BCUT2D eigenvalue weighted by Gasteiger charge is 2.33. The lowest BCUT2D eigenvalue weighted by atomic mass is 9.88. The molecule has 1 aliphatic heterocycles. The fourth-order valence-electron chi connectivity index (χ4n) is 3.64. The fourth-order valence-corrected chi connectivity index (χ4v) is 3.64. The van der Waals surface area contributed by atoms with Crippen molar-refractivity contribution in [3.05, 3.63) is 35.4 Å². The van der Waals surface area contributed by atoms with Gasteiger partial charge in [0.25, 0.3) is 0 Å². The van der Waals surface area contributed by atoms with Crippen LogP contribution in [-0.4, -0.2) is 36.0 Å². The van der Waals surface area contributed by atoms with E-state index in [0.717, 1.165) is 25.2 Å². The highest BCUT2D eigenvalue weighted by Crippen LogP contribution is 2.29. The molecule has 146 valence electrons. The SMILES string of the molecule is CC1CC(C)CN(C(C)(C)CNC(=O)Cc2ccc(C(F)(F)F)cc2)C1. The summed E-state index contributed by atoms with van der Waals surface area (Å²) in [6.07, 6.45) is -3.04. The summed E-state index contributed by atoms with van der Waals surface area (Å²) >= 11 is 0. The lowest BCUT2D eigenvalue weighted by Gasteiger charge is -2.45. The lowest BCUT2D eigenvalue weighted by Crippen LogP contribution is -2.56. The Morgan fingerprint density at radius 3 is 2.15 bits per heavy atom. The molecule has 0 aromatic heterocycles. The number of nitrogens with one attached hydrogen (secondary N) is 1. The van der Waals surface area contributed by atoms with Gasteiger partial charge >= 0.3 is 6.18 Å². The molecule has 1 aromatic rings. The Bertz CT molecular complexity index is 600. The van der Waals surface area contributed by atoms with E-state index >= 15 is 0 Å². The molecule has 0 saturated carbocycles. The van der Waals surface area contributed by atoms with Gasteiger partial charge < -0.3 is 5.32 Å². The molecule has 0 radical (unpaired) electrons. The van der Waals surface area contributed by atoms with E-state index in [1.807, 2.05) is 0 Å².